The second-order valence-corrected chi connectivity index (χ2v) is 5.40. The summed E-state index contributed by atoms with van der Waals surface area (Å²) < 4.78 is 13.5. The summed E-state index contributed by atoms with van der Waals surface area (Å²) in [6, 6.07) is 2.10. The number of nitrogens with one attached hydrogen (secondary N) is 1. The maximum atomic E-state index is 13.3. The SMILES string of the molecule is CC(C)C(CCO)Nc1cc(Br)c(F)cc1[N+](=O)[O-]. The lowest BCUT2D eigenvalue weighted by atomic mass is 10.0. The summed E-state index contributed by atoms with van der Waals surface area (Å²) in [5, 5.41) is 22.9. The van der Waals surface area contributed by atoms with Gasteiger partial charge in [0.1, 0.15) is 11.5 Å². The van der Waals surface area contributed by atoms with Crippen molar-refractivity contribution in [3.05, 3.63) is 32.5 Å². The molecule has 1 atom stereocenters. The molecule has 5 nitrogen and oxygen atoms in total. The lowest BCUT2D eigenvalue weighted by Gasteiger charge is -2.22. The largest absolute Gasteiger partial charge is 0.396 e. The van der Waals surface area contributed by atoms with Gasteiger partial charge in [-0.3, -0.25) is 10.1 Å². The van der Waals surface area contributed by atoms with Crippen molar-refractivity contribution >= 4 is 27.3 Å². The maximum Gasteiger partial charge on any atom is 0.295 e. The minimum absolute atomic E-state index is 0.0218. The van der Waals surface area contributed by atoms with Gasteiger partial charge < -0.3 is 10.4 Å². The van der Waals surface area contributed by atoms with Gasteiger partial charge in [0.2, 0.25) is 0 Å². The van der Waals surface area contributed by atoms with Crippen LogP contribution >= 0.6 is 15.9 Å². The quantitative estimate of drug-likeness (QED) is 0.618. The number of nitro benzene ring substituents is 1. The average molecular weight is 335 g/mol. The summed E-state index contributed by atoms with van der Waals surface area (Å²) in [5.74, 6) is -0.504. The fourth-order valence-electron chi connectivity index (χ4n) is 1.71. The second-order valence-electron chi connectivity index (χ2n) is 4.55. The van der Waals surface area contributed by atoms with Crippen LogP contribution in [0.2, 0.25) is 0 Å². The number of nitrogens with zero attached hydrogens (tertiary/aromatic N) is 1. The van der Waals surface area contributed by atoms with E-state index in [9.17, 15) is 14.5 Å². The number of aliphatic hydroxyl groups is 1. The molecule has 0 fully saturated rings. The van der Waals surface area contributed by atoms with Gasteiger partial charge in [-0.1, -0.05) is 13.8 Å². The lowest BCUT2D eigenvalue weighted by Crippen LogP contribution is -2.27. The lowest BCUT2D eigenvalue weighted by molar-refractivity contribution is -0.384. The van der Waals surface area contributed by atoms with Crippen LogP contribution in [-0.2, 0) is 0 Å². The van der Waals surface area contributed by atoms with Crippen molar-refractivity contribution in [2.75, 3.05) is 11.9 Å². The van der Waals surface area contributed by atoms with E-state index in [0.29, 0.717) is 6.42 Å². The molecule has 0 aromatic heterocycles. The standard InChI is InChI=1S/C12H16BrFN2O3/c1-7(2)10(3-4-17)15-11-5-8(13)9(14)6-12(11)16(18)19/h5-7,10,15,17H,3-4H2,1-2H3. The van der Waals surface area contributed by atoms with Crippen molar-refractivity contribution in [1.82, 2.24) is 0 Å². The summed E-state index contributed by atoms with van der Waals surface area (Å²) >= 11 is 3.01. The van der Waals surface area contributed by atoms with E-state index in [2.05, 4.69) is 21.2 Å². The molecule has 1 aromatic carbocycles. The molecule has 0 radical (unpaired) electrons. The Balaban J connectivity index is 3.10. The van der Waals surface area contributed by atoms with Crippen LogP contribution in [-0.4, -0.2) is 22.7 Å². The molecule has 106 valence electrons. The normalized spacial score (nSPS) is 12.5. The number of rotatable bonds is 6. The third-order valence-electron chi connectivity index (χ3n) is 2.82. The molecule has 0 bridgehead atoms. The molecule has 0 aliphatic rings. The van der Waals surface area contributed by atoms with Crippen molar-refractivity contribution in [1.29, 1.82) is 0 Å². The van der Waals surface area contributed by atoms with E-state index in [0.717, 1.165) is 6.07 Å². The van der Waals surface area contributed by atoms with Gasteiger partial charge in [-0.25, -0.2) is 4.39 Å². The highest BCUT2D eigenvalue weighted by Gasteiger charge is 2.21. The molecule has 1 unspecified atom stereocenters. The third kappa shape index (κ3) is 4.14. The minimum Gasteiger partial charge on any atom is -0.396 e. The molecule has 7 heteroatoms. The van der Waals surface area contributed by atoms with Gasteiger partial charge in [-0.05, 0) is 34.3 Å². The molecule has 19 heavy (non-hydrogen) atoms. The minimum atomic E-state index is -0.680. The Hall–Kier alpha value is -1.21. The van der Waals surface area contributed by atoms with Crippen molar-refractivity contribution in [2.45, 2.75) is 26.3 Å². The molecular weight excluding hydrogens is 319 g/mol. The molecule has 0 spiro atoms. The average Bonchev–Trinajstić information content (AvgIpc) is 2.32. The highest BCUT2D eigenvalue weighted by molar-refractivity contribution is 9.10. The summed E-state index contributed by atoms with van der Waals surface area (Å²) in [7, 11) is 0. The van der Waals surface area contributed by atoms with E-state index in [1.807, 2.05) is 13.8 Å². The van der Waals surface area contributed by atoms with Gasteiger partial charge in [-0.15, -0.1) is 0 Å². The van der Waals surface area contributed by atoms with E-state index in [1.165, 1.54) is 6.07 Å². The Morgan fingerprint density at radius 2 is 2.16 bits per heavy atom. The van der Waals surface area contributed by atoms with Crippen molar-refractivity contribution in [3.63, 3.8) is 0 Å². The van der Waals surface area contributed by atoms with E-state index >= 15 is 0 Å². The summed E-state index contributed by atoms with van der Waals surface area (Å²) in [6.07, 6.45) is 0.462. The van der Waals surface area contributed by atoms with Gasteiger partial charge in [0.15, 0.2) is 0 Å². The number of hydrogen-bond donors (Lipinski definition) is 2. The maximum absolute atomic E-state index is 13.3. The van der Waals surface area contributed by atoms with Gasteiger partial charge >= 0.3 is 0 Å². The van der Waals surface area contributed by atoms with Gasteiger partial charge in [0.05, 0.1) is 15.5 Å². The first-order valence-corrected chi connectivity index (χ1v) is 6.67. The first kappa shape index (κ1) is 15.8. The van der Waals surface area contributed by atoms with E-state index in [1.54, 1.807) is 0 Å². The Morgan fingerprint density at radius 1 is 1.53 bits per heavy atom. The smallest absolute Gasteiger partial charge is 0.295 e. The Morgan fingerprint density at radius 3 is 2.63 bits per heavy atom. The zero-order chi connectivity index (χ0) is 14.6. The Bertz CT molecular complexity index is 469. The fraction of sp³-hybridized carbons (Fsp3) is 0.500. The number of aliphatic hydroxyl groups excluding tert-OH is 1. The topological polar surface area (TPSA) is 75.4 Å². The molecule has 0 aliphatic carbocycles. The first-order valence-electron chi connectivity index (χ1n) is 5.87. The van der Waals surface area contributed by atoms with Crippen LogP contribution < -0.4 is 5.32 Å². The Labute approximate surface area is 119 Å². The van der Waals surface area contributed by atoms with Crippen LogP contribution in [0.1, 0.15) is 20.3 Å². The van der Waals surface area contributed by atoms with Gasteiger partial charge in [0, 0.05) is 12.6 Å². The molecule has 0 amide bonds. The highest BCUT2D eigenvalue weighted by Crippen LogP contribution is 2.31. The Kier molecular flexibility index (Phi) is 5.68. The fourth-order valence-corrected chi connectivity index (χ4v) is 2.06. The van der Waals surface area contributed by atoms with E-state index in [4.69, 9.17) is 5.11 Å². The number of halogens is 2. The molecule has 0 heterocycles. The van der Waals surface area contributed by atoms with E-state index < -0.39 is 10.7 Å². The molecule has 1 rings (SSSR count). The molecule has 0 saturated carbocycles. The summed E-state index contributed by atoms with van der Waals surface area (Å²) in [4.78, 5) is 10.3. The first-order chi connectivity index (χ1) is 8.86. The van der Waals surface area contributed by atoms with Crippen LogP contribution in [0.25, 0.3) is 0 Å². The van der Waals surface area contributed by atoms with Crippen LogP contribution in [0.5, 0.6) is 0 Å². The monoisotopic (exact) mass is 334 g/mol. The van der Waals surface area contributed by atoms with Crippen LogP contribution in [0, 0.1) is 21.8 Å². The number of nitro groups is 1. The zero-order valence-electron chi connectivity index (χ0n) is 10.7. The molecule has 0 saturated heterocycles. The summed E-state index contributed by atoms with van der Waals surface area (Å²) in [5.41, 5.74) is -0.0743. The van der Waals surface area contributed by atoms with Crippen LogP contribution in [0.4, 0.5) is 15.8 Å². The van der Waals surface area contributed by atoms with Crippen molar-refractivity contribution in [2.24, 2.45) is 5.92 Å². The number of benzene rings is 1. The molecular formula is C12H16BrFN2O3. The number of hydrogen-bond acceptors (Lipinski definition) is 4. The van der Waals surface area contributed by atoms with Gasteiger partial charge in [0.25, 0.3) is 5.69 Å². The molecule has 2 N–H and O–H groups in total. The predicted octanol–water partition coefficient (Wildman–Crippen LogP) is 3.32. The third-order valence-corrected chi connectivity index (χ3v) is 3.43. The van der Waals surface area contributed by atoms with Crippen molar-refractivity contribution < 1.29 is 14.4 Å². The summed E-state index contributed by atoms with van der Waals surface area (Å²) in [6.45, 7) is 3.86. The predicted molar refractivity (Wildman–Crippen MR) is 74.7 cm³/mol. The second kappa shape index (κ2) is 6.81. The highest BCUT2D eigenvalue weighted by atomic mass is 79.9. The van der Waals surface area contributed by atoms with Crippen molar-refractivity contribution in [3.8, 4) is 0 Å². The van der Waals surface area contributed by atoms with Crippen LogP contribution in [0.15, 0.2) is 16.6 Å². The van der Waals surface area contributed by atoms with E-state index in [-0.39, 0.29) is 34.4 Å². The number of anilines is 1. The zero-order valence-corrected chi connectivity index (χ0v) is 12.3. The molecule has 0 aliphatic heterocycles. The van der Waals surface area contributed by atoms with Gasteiger partial charge in [-0.2, -0.15) is 0 Å². The molecule has 1 aromatic rings. The van der Waals surface area contributed by atoms with Crippen LogP contribution in [0.3, 0.4) is 0 Å².